The minimum atomic E-state index is -0.939. The van der Waals surface area contributed by atoms with Crippen molar-refractivity contribution in [1.82, 2.24) is 0 Å². The van der Waals surface area contributed by atoms with Gasteiger partial charge in [-0.3, -0.25) is 4.79 Å². The zero-order valence-electron chi connectivity index (χ0n) is 10.3. The van der Waals surface area contributed by atoms with Gasteiger partial charge in [0.25, 0.3) is 0 Å². The van der Waals surface area contributed by atoms with Gasteiger partial charge in [0.05, 0.1) is 16.5 Å². The van der Waals surface area contributed by atoms with Gasteiger partial charge in [0.1, 0.15) is 5.82 Å². The second kappa shape index (κ2) is 6.25. The smallest absolute Gasteiger partial charge is 0.304 e. The number of carboxylic acids is 1. The molecule has 0 aliphatic rings. The Kier molecular flexibility index (Phi) is 4.63. The lowest BCUT2D eigenvalue weighted by Gasteiger charge is -2.16. The normalized spacial score (nSPS) is 12.2. The van der Waals surface area contributed by atoms with Crippen LogP contribution in [0.2, 0.25) is 10.0 Å². The highest BCUT2D eigenvalue weighted by atomic mass is 35.5. The molecule has 2 nitrogen and oxygen atoms in total. The van der Waals surface area contributed by atoms with Crippen LogP contribution >= 0.6 is 23.2 Å². The molecule has 0 heterocycles. The molecular formula is C15H11Cl2FO2. The maximum Gasteiger partial charge on any atom is 0.304 e. The number of carbonyl (C=O) groups is 1. The number of halogens is 3. The van der Waals surface area contributed by atoms with E-state index in [0.717, 1.165) is 5.56 Å². The van der Waals surface area contributed by atoms with Gasteiger partial charge in [-0.25, -0.2) is 4.39 Å². The van der Waals surface area contributed by atoms with Gasteiger partial charge in [-0.05, 0) is 35.4 Å². The van der Waals surface area contributed by atoms with Crippen LogP contribution in [-0.4, -0.2) is 11.1 Å². The number of benzene rings is 2. The Labute approximate surface area is 125 Å². The molecule has 0 fully saturated rings. The predicted molar refractivity (Wildman–Crippen MR) is 77.0 cm³/mol. The van der Waals surface area contributed by atoms with E-state index in [0.29, 0.717) is 15.6 Å². The molecule has 1 N–H and O–H groups in total. The summed E-state index contributed by atoms with van der Waals surface area (Å²) in [5, 5.41) is 9.82. The Hall–Kier alpha value is -1.58. The minimum absolute atomic E-state index is 0.108. The summed E-state index contributed by atoms with van der Waals surface area (Å²) >= 11 is 11.8. The average molecular weight is 313 g/mol. The monoisotopic (exact) mass is 312 g/mol. The van der Waals surface area contributed by atoms with Crippen LogP contribution in [0.15, 0.2) is 42.5 Å². The molecule has 0 unspecified atom stereocenters. The van der Waals surface area contributed by atoms with Gasteiger partial charge < -0.3 is 5.11 Å². The van der Waals surface area contributed by atoms with Crippen LogP contribution in [0.25, 0.3) is 0 Å². The molecule has 0 saturated heterocycles. The lowest BCUT2D eigenvalue weighted by atomic mass is 9.88. The number of rotatable bonds is 4. The van der Waals surface area contributed by atoms with E-state index in [1.807, 2.05) is 0 Å². The Morgan fingerprint density at radius 3 is 2.20 bits per heavy atom. The molecule has 0 spiro atoms. The summed E-state index contributed by atoms with van der Waals surface area (Å²) in [6.45, 7) is 0. The summed E-state index contributed by atoms with van der Waals surface area (Å²) < 4.78 is 13.0. The molecule has 0 aliphatic heterocycles. The van der Waals surface area contributed by atoms with Crippen LogP contribution in [0.1, 0.15) is 23.5 Å². The van der Waals surface area contributed by atoms with Crippen molar-refractivity contribution in [3.05, 3.63) is 69.5 Å². The first-order chi connectivity index (χ1) is 9.47. The van der Waals surface area contributed by atoms with E-state index in [2.05, 4.69) is 0 Å². The highest BCUT2D eigenvalue weighted by Crippen LogP contribution is 2.32. The summed E-state index contributed by atoms with van der Waals surface area (Å²) in [5.74, 6) is -1.70. The molecule has 2 aromatic carbocycles. The highest BCUT2D eigenvalue weighted by Gasteiger charge is 2.18. The predicted octanol–water partition coefficient (Wildman–Crippen LogP) is 4.74. The molecule has 20 heavy (non-hydrogen) atoms. The lowest BCUT2D eigenvalue weighted by molar-refractivity contribution is -0.137. The first-order valence-corrected chi connectivity index (χ1v) is 6.65. The molecule has 0 amide bonds. The van der Waals surface area contributed by atoms with Gasteiger partial charge in [-0.15, -0.1) is 0 Å². The van der Waals surface area contributed by atoms with Crippen molar-refractivity contribution in [3.8, 4) is 0 Å². The molecule has 104 valence electrons. The molecule has 0 aromatic heterocycles. The molecular weight excluding hydrogens is 302 g/mol. The van der Waals surface area contributed by atoms with Gasteiger partial charge >= 0.3 is 5.97 Å². The molecule has 1 atom stereocenters. The summed E-state index contributed by atoms with van der Waals surface area (Å²) in [4.78, 5) is 11.0. The Morgan fingerprint density at radius 1 is 1.05 bits per heavy atom. The van der Waals surface area contributed by atoms with E-state index in [1.54, 1.807) is 30.3 Å². The van der Waals surface area contributed by atoms with Gasteiger partial charge in [-0.1, -0.05) is 41.4 Å². The van der Waals surface area contributed by atoms with Crippen molar-refractivity contribution in [2.75, 3.05) is 0 Å². The largest absolute Gasteiger partial charge is 0.481 e. The van der Waals surface area contributed by atoms with E-state index in [9.17, 15) is 9.18 Å². The molecule has 0 bridgehead atoms. The quantitative estimate of drug-likeness (QED) is 0.885. The molecule has 0 saturated carbocycles. The highest BCUT2D eigenvalue weighted by molar-refractivity contribution is 6.42. The first kappa shape index (κ1) is 14.8. The summed E-state index contributed by atoms with van der Waals surface area (Å²) in [5.41, 5.74) is 1.44. The number of hydrogen-bond donors (Lipinski definition) is 1. The molecule has 2 rings (SSSR count). The van der Waals surface area contributed by atoms with Gasteiger partial charge in [-0.2, -0.15) is 0 Å². The van der Waals surface area contributed by atoms with Crippen molar-refractivity contribution in [2.24, 2.45) is 0 Å². The SMILES string of the molecule is O=C(O)C[C@@H](c1ccc(F)cc1)c1ccc(Cl)c(Cl)c1. The van der Waals surface area contributed by atoms with Crippen molar-refractivity contribution >= 4 is 29.2 Å². The minimum Gasteiger partial charge on any atom is -0.481 e. The van der Waals surface area contributed by atoms with Crippen molar-refractivity contribution < 1.29 is 14.3 Å². The Morgan fingerprint density at radius 2 is 1.65 bits per heavy atom. The van der Waals surface area contributed by atoms with Gasteiger partial charge in [0, 0.05) is 5.92 Å². The molecule has 0 aliphatic carbocycles. The molecule has 0 radical (unpaired) electrons. The van der Waals surface area contributed by atoms with Crippen LogP contribution in [0.4, 0.5) is 4.39 Å². The second-order valence-corrected chi connectivity index (χ2v) is 5.19. The summed E-state index contributed by atoms with van der Waals surface area (Å²) in [6.07, 6.45) is -0.108. The molecule has 5 heteroatoms. The fourth-order valence-electron chi connectivity index (χ4n) is 2.03. The second-order valence-electron chi connectivity index (χ2n) is 4.38. The van der Waals surface area contributed by atoms with Crippen LogP contribution in [0.3, 0.4) is 0 Å². The lowest BCUT2D eigenvalue weighted by Crippen LogP contribution is -2.08. The van der Waals surface area contributed by atoms with E-state index >= 15 is 0 Å². The molecule has 2 aromatic rings. The van der Waals surface area contributed by atoms with E-state index in [-0.39, 0.29) is 12.2 Å². The topological polar surface area (TPSA) is 37.3 Å². The van der Waals surface area contributed by atoms with E-state index in [4.69, 9.17) is 28.3 Å². The van der Waals surface area contributed by atoms with Crippen LogP contribution in [-0.2, 0) is 4.79 Å². The zero-order chi connectivity index (χ0) is 14.7. The van der Waals surface area contributed by atoms with Crippen LogP contribution in [0, 0.1) is 5.82 Å². The van der Waals surface area contributed by atoms with Crippen LogP contribution < -0.4 is 0 Å². The third-order valence-corrected chi connectivity index (χ3v) is 3.74. The number of aliphatic carboxylic acids is 1. The van der Waals surface area contributed by atoms with Gasteiger partial charge in [0.15, 0.2) is 0 Å². The standard InChI is InChI=1S/C15H11Cl2FO2/c16-13-6-3-10(7-14(13)17)12(8-15(19)20)9-1-4-11(18)5-2-9/h1-7,12H,8H2,(H,19,20)/t12-/m0/s1. The van der Waals surface area contributed by atoms with Gasteiger partial charge in [0.2, 0.25) is 0 Å². The third-order valence-electron chi connectivity index (χ3n) is 3.00. The third kappa shape index (κ3) is 3.50. The summed E-state index contributed by atoms with van der Waals surface area (Å²) in [7, 11) is 0. The van der Waals surface area contributed by atoms with E-state index < -0.39 is 11.9 Å². The van der Waals surface area contributed by atoms with Crippen molar-refractivity contribution in [2.45, 2.75) is 12.3 Å². The fraction of sp³-hybridized carbons (Fsp3) is 0.133. The van der Waals surface area contributed by atoms with Crippen molar-refractivity contribution in [1.29, 1.82) is 0 Å². The number of hydrogen-bond acceptors (Lipinski definition) is 1. The zero-order valence-corrected chi connectivity index (χ0v) is 11.8. The maximum atomic E-state index is 13.0. The Bertz CT molecular complexity index is 626. The maximum absolute atomic E-state index is 13.0. The first-order valence-electron chi connectivity index (χ1n) is 5.89. The number of carboxylic acid groups (broad SMARTS) is 1. The van der Waals surface area contributed by atoms with Crippen LogP contribution in [0.5, 0.6) is 0 Å². The van der Waals surface area contributed by atoms with Crippen molar-refractivity contribution in [3.63, 3.8) is 0 Å². The fourth-order valence-corrected chi connectivity index (χ4v) is 2.33. The summed E-state index contributed by atoms with van der Waals surface area (Å²) in [6, 6.07) is 10.8. The van der Waals surface area contributed by atoms with E-state index in [1.165, 1.54) is 12.1 Å². The average Bonchev–Trinajstić information content (AvgIpc) is 2.40. The Balaban J connectivity index is 2.43.